The van der Waals surface area contributed by atoms with Gasteiger partial charge >= 0.3 is 0 Å². The molecule has 4 heteroatoms. The lowest BCUT2D eigenvalue weighted by atomic mass is 9.96. The van der Waals surface area contributed by atoms with E-state index in [2.05, 4.69) is 5.32 Å². The van der Waals surface area contributed by atoms with E-state index in [-0.39, 0.29) is 6.04 Å². The number of hydrogen-bond donors (Lipinski definition) is 2. The van der Waals surface area contributed by atoms with E-state index in [9.17, 15) is 5.11 Å². The quantitative estimate of drug-likeness (QED) is 0.823. The smallest absolute Gasteiger partial charge is 0.0766 e. The fourth-order valence-electron chi connectivity index (χ4n) is 1.74. The van der Waals surface area contributed by atoms with Gasteiger partial charge in [-0.2, -0.15) is 0 Å². The van der Waals surface area contributed by atoms with Crippen LogP contribution in [0.4, 0.5) is 0 Å². The summed E-state index contributed by atoms with van der Waals surface area (Å²) in [6.45, 7) is 6.61. The first kappa shape index (κ1) is 15.8. The maximum Gasteiger partial charge on any atom is 0.0766 e. The number of hydrogen-bond acceptors (Lipinski definition) is 2. The van der Waals surface area contributed by atoms with E-state index in [4.69, 9.17) is 23.2 Å². The first-order valence-corrected chi connectivity index (χ1v) is 7.08. The van der Waals surface area contributed by atoms with Gasteiger partial charge in [-0.15, -0.1) is 0 Å². The molecule has 2 N–H and O–H groups in total. The van der Waals surface area contributed by atoms with Gasteiger partial charge in [-0.25, -0.2) is 0 Å². The molecule has 0 saturated heterocycles. The Balaban J connectivity index is 2.65. The minimum Gasteiger partial charge on any atom is -0.389 e. The zero-order valence-corrected chi connectivity index (χ0v) is 12.6. The topological polar surface area (TPSA) is 32.3 Å². The van der Waals surface area contributed by atoms with Crippen LogP contribution in [0.5, 0.6) is 0 Å². The highest BCUT2D eigenvalue weighted by atomic mass is 35.5. The van der Waals surface area contributed by atoms with Crippen molar-refractivity contribution in [2.75, 3.05) is 6.54 Å². The van der Waals surface area contributed by atoms with E-state index in [1.807, 2.05) is 32.9 Å². The molecule has 0 fully saturated rings. The molecular formula is C14H21Cl2NO. The first-order chi connectivity index (χ1) is 8.41. The van der Waals surface area contributed by atoms with Gasteiger partial charge in [0, 0.05) is 12.6 Å². The molecule has 0 aromatic heterocycles. The summed E-state index contributed by atoms with van der Waals surface area (Å²) in [5, 5.41) is 14.7. The van der Waals surface area contributed by atoms with Crippen molar-refractivity contribution in [2.24, 2.45) is 0 Å². The third kappa shape index (κ3) is 4.13. The third-order valence-electron chi connectivity index (χ3n) is 3.50. The van der Waals surface area contributed by atoms with Crippen LogP contribution in [0.25, 0.3) is 0 Å². The maximum absolute atomic E-state index is 10.2. The lowest BCUT2D eigenvalue weighted by Gasteiger charge is -2.27. The van der Waals surface area contributed by atoms with Crippen LogP contribution in [-0.4, -0.2) is 17.3 Å². The van der Waals surface area contributed by atoms with Gasteiger partial charge in [-0.05, 0) is 37.5 Å². The highest BCUT2D eigenvalue weighted by molar-refractivity contribution is 6.42. The molecular weight excluding hydrogens is 269 g/mol. The Bertz CT molecular complexity index is 391. The van der Waals surface area contributed by atoms with Gasteiger partial charge < -0.3 is 10.4 Å². The molecule has 0 aliphatic heterocycles. The average Bonchev–Trinajstić information content (AvgIpc) is 2.38. The van der Waals surface area contributed by atoms with E-state index in [0.717, 1.165) is 18.4 Å². The van der Waals surface area contributed by atoms with Crippen molar-refractivity contribution in [1.29, 1.82) is 0 Å². The predicted molar refractivity (Wildman–Crippen MR) is 78.4 cm³/mol. The molecule has 0 saturated carbocycles. The van der Waals surface area contributed by atoms with E-state index in [1.165, 1.54) is 0 Å². The number of halogens is 2. The van der Waals surface area contributed by atoms with Gasteiger partial charge in [-0.1, -0.05) is 43.1 Å². The zero-order valence-electron chi connectivity index (χ0n) is 11.1. The molecule has 0 radical (unpaired) electrons. The third-order valence-corrected chi connectivity index (χ3v) is 4.24. The van der Waals surface area contributed by atoms with Gasteiger partial charge in [0.25, 0.3) is 0 Å². The number of benzene rings is 1. The fourth-order valence-corrected chi connectivity index (χ4v) is 2.05. The summed E-state index contributed by atoms with van der Waals surface area (Å²) in [5.74, 6) is 0. The predicted octanol–water partition coefficient (Wildman–Crippen LogP) is 4.20. The van der Waals surface area contributed by atoms with Crippen molar-refractivity contribution in [1.82, 2.24) is 5.32 Å². The Labute approximate surface area is 119 Å². The first-order valence-electron chi connectivity index (χ1n) is 6.32. The molecule has 1 aromatic carbocycles. The average molecular weight is 290 g/mol. The molecule has 0 aliphatic carbocycles. The Hall–Kier alpha value is -0.280. The Morgan fingerprint density at radius 2 is 1.83 bits per heavy atom. The second-order valence-corrected chi connectivity index (χ2v) is 5.52. The molecule has 0 aliphatic rings. The van der Waals surface area contributed by atoms with Crippen molar-refractivity contribution in [3.63, 3.8) is 0 Å². The minimum absolute atomic E-state index is 0.129. The molecule has 1 unspecified atom stereocenters. The molecule has 0 bridgehead atoms. The minimum atomic E-state index is -0.634. The van der Waals surface area contributed by atoms with Crippen molar-refractivity contribution < 1.29 is 5.11 Å². The van der Waals surface area contributed by atoms with Crippen molar-refractivity contribution in [3.05, 3.63) is 33.8 Å². The molecule has 0 heterocycles. The zero-order chi connectivity index (χ0) is 13.8. The molecule has 0 spiro atoms. The van der Waals surface area contributed by atoms with Crippen LogP contribution in [0.3, 0.4) is 0 Å². The van der Waals surface area contributed by atoms with Crippen LogP contribution in [0.2, 0.25) is 10.0 Å². The van der Waals surface area contributed by atoms with E-state index >= 15 is 0 Å². The van der Waals surface area contributed by atoms with E-state index < -0.39 is 5.60 Å². The van der Waals surface area contributed by atoms with Crippen LogP contribution >= 0.6 is 23.2 Å². The SMILES string of the molecule is CCC(O)(CC)CNC(C)c1ccc(Cl)c(Cl)c1. The molecule has 0 amide bonds. The van der Waals surface area contributed by atoms with Crippen molar-refractivity contribution >= 4 is 23.2 Å². The summed E-state index contributed by atoms with van der Waals surface area (Å²) in [6.07, 6.45) is 1.48. The van der Waals surface area contributed by atoms with Crippen molar-refractivity contribution in [2.45, 2.75) is 45.3 Å². The van der Waals surface area contributed by atoms with Gasteiger partial charge in [-0.3, -0.25) is 0 Å². The summed E-state index contributed by atoms with van der Waals surface area (Å²) in [7, 11) is 0. The lowest BCUT2D eigenvalue weighted by Crippen LogP contribution is -2.40. The molecule has 102 valence electrons. The standard InChI is InChI=1S/C14H21Cl2NO/c1-4-14(18,5-2)9-17-10(3)11-6-7-12(15)13(16)8-11/h6-8,10,17-18H,4-5,9H2,1-3H3. The summed E-state index contributed by atoms with van der Waals surface area (Å²) in [5.41, 5.74) is 0.434. The van der Waals surface area contributed by atoms with Crippen LogP contribution in [0.1, 0.15) is 45.2 Å². The highest BCUT2D eigenvalue weighted by Gasteiger charge is 2.22. The summed E-state index contributed by atoms with van der Waals surface area (Å²) < 4.78 is 0. The van der Waals surface area contributed by atoms with E-state index in [0.29, 0.717) is 16.6 Å². The molecule has 1 aromatic rings. The Morgan fingerprint density at radius 3 is 2.33 bits per heavy atom. The fraction of sp³-hybridized carbons (Fsp3) is 0.571. The van der Waals surface area contributed by atoms with Crippen LogP contribution < -0.4 is 5.32 Å². The molecule has 1 atom stereocenters. The number of nitrogens with one attached hydrogen (secondary N) is 1. The van der Waals surface area contributed by atoms with Gasteiger partial charge in [0.1, 0.15) is 0 Å². The van der Waals surface area contributed by atoms with Gasteiger partial charge in [0.15, 0.2) is 0 Å². The van der Waals surface area contributed by atoms with Gasteiger partial charge in [0.2, 0.25) is 0 Å². The monoisotopic (exact) mass is 289 g/mol. The molecule has 1 rings (SSSR count). The van der Waals surface area contributed by atoms with E-state index in [1.54, 1.807) is 6.07 Å². The summed E-state index contributed by atoms with van der Waals surface area (Å²) in [4.78, 5) is 0. The van der Waals surface area contributed by atoms with Crippen LogP contribution in [0.15, 0.2) is 18.2 Å². The second kappa shape index (κ2) is 6.76. The lowest BCUT2D eigenvalue weighted by molar-refractivity contribution is 0.0303. The normalized spacial score (nSPS) is 13.7. The number of aliphatic hydroxyl groups is 1. The largest absolute Gasteiger partial charge is 0.389 e. The summed E-state index contributed by atoms with van der Waals surface area (Å²) in [6, 6.07) is 5.73. The maximum atomic E-state index is 10.2. The Morgan fingerprint density at radius 1 is 1.22 bits per heavy atom. The summed E-state index contributed by atoms with van der Waals surface area (Å²) >= 11 is 11.9. The molecule has 18 heavy (non-hydrogen) atoms. The second-order valence-electron chi connectivity index (χ2n) is 4.71. The Kier molecular flexibility index (Phi) is 5.93. The van der Waals surface area contributed by atoms with Gasteiger partial charge in [0.05, 0.1) is 15.6 Å². The van der Waals surface area contributed by atoms with Crippen LogP contribution in [-0.2, 0) is 0 Å². The van der Waals surface area contributed by atoms with Crippen LogP contribution in [0, 0.1) is 0 Å². The number of rotatable bonds is 6. The van der Waals surface area contributed by atoms with Crippen molar-refractivity contribution in [3.8, 4) is 0 Å². The highest BCUT2D eigenvalue weighted by Crippen LogP contribution is 2.26. The molecule has 2 nitrogen and oxygen atoms in total.